The third-order valence-electron chi connectivity index (χ3n) is 6.43. The number of amides is 3. The molecule has 10 nitrogen and oxygen atoms in total. The van der Waals surface area contributed by atoms with Gasteiger partial charge in [0.25, 0.3) is 0 Å². The molecule has 38 heavy (non-hydrogen) atoms. The maximum Gasteiger partial charge on any atom is 0.378 e. The van der Waals surface area contributed by atoms with Gasteiger partial charge >= 0.3 is 20.0 Å². The lowest BCUT2D eigenvalue weighted by Crippen LogP contribution is -2.61. The SMILES string of the molecule is [B]OC(=O)C(S[C@@H]1C(CC(=O)Cc2ccccc2)C(=O)N1CO)N1C(=O)N(/N=C/c2ccccc2)C[C@@H]1C. The number of ketones is 1. The number of nitrogens with zero attached hydrogens (tertiary/aromatic N) is 4. The van der Waals surface area contributed by atoms with Gasteiger partial charge in [0.05, 0.1) is 30.1 Å². The number of Topliss-reactive ketones (excluding diaryl/α,β-unsaturated/α-hetero) is 1. The Morgan fingerprint density at radius 3 is 2.45 bits per heavy atom. The number of likely N-dealkylation sites (tertiary alicyclic amines) is 1. The molecule has 2 aromatic carbocycles. The summed E-state index contributed by atoms with van der Waals surface area (Å²) in [7, 11) is 5.20. The van der Waals surface area contributed by atoms with Crippen LogP contribution >= 0.6 is 11.8 Å². The molecule has 0 bridgehead atoms. The van der Waals surface area contributed by atoms with Gasteiger partial charge in [-0.2, -0.15) is 5.10 Å². The van der Waals surface area contributed by atoms with E-state index >= 15 is 0 Å². The largest absolute Gasteiger partial charge is 0.541 e. The summed E-state index contributed by atoms with van der Waals surface area (Å²) in [5.41, 5.74) is 1.62. The third kappa shape index (κ3) is 5.92. The van der Waals surface area contributed by atoms with E-state index in [2.05, 4.69) is 9.76 Å². The highest BCUT2D eigenvalue weighted by Crippen LogP contribution is 2.41. The highest BCUT2D eigenvalue weighted by atomic mass is 32.2. The number of benzene rings is 2. The van der Waals surface area contributed by atoms with Gasteiger partial charge in [0, 0.05) is 12.8 Å². The summed E-state index contributed by atoms with van der Waals surface area (Å²) < 4.78 is 4.50. The fourth-order valence-corrected chi connectivity index (χ4v) is 6.09. The second-order valence-electron chi connectivity index (χ2n) is 9.05. The van der Waals surface area contributed by atoms with Crippen molar-refractivity contribution in [3.63, 3.8) is 0 Å². The highest BCUT2D eigenvalue weighted by molar-refractivity contribution is 8.01. The van der Waals surface area contributed by atoms with E-state index in [0.717, 1.165) is 27.8 Å². The molecule has 2 unspecified atom stereocenters. The fraction of sp³-hybridized carbons (Fsp3) is 0.346. The number of carbonyl (C=O) groups excluding carboxylic acids is 4. The first-order chi connectivity index (χ1) is 18.3. The van der Waals surface area contributed by atoms with E-state index in [-0.39, 0.29) is 25.2 Å². The Bertz CT molecular complexity index is 1200. The molecule has 2 heterocycles. The molecule has 12 heteroatoms. The molecule has 4 atom stereocenters. The van der Waals surface area contributed by atoms with Gasteiger partial charge in [0.15, 0.2) is 5.37 Å². The number of aliphatic hydroxyl groups excluding tert-OH is 1. The van der Waals surface area contributed by atoms with E-state index in [9.17, 15) is 24.3 Å². The molecule has 2 aliphatic heterocycles. The van der Waals surface area contributed by atoms with Crippen molar-refractivity contribution < 1.29 is 28.9 Å². The molecular formula is C26H27BN4O6S. The predicted octanol–water partition coefficient (Wildman–Crippen LogP) is 1.77. The number of carbonyl (C=O) groups is 4. The molecule has 0 aliphatic carbocycles. The number of hydrogen-bond acceptors (Lipinski definition) is 8. The van der Waals surface area contributed by atoms with Crippen molar-refractivity contribution >= 4 is 49.7 Å². The molecular weight excluding hydrogens is 507 g/mol. The number of aliphatic hydroxyl groups is 1. The molecule has 0 saturated carbocycles. The van der Waals surface area contributed by atoms with Crippen LogP contribution in [0.15, 0.2) is 65.8 Å². The van der Waals surface area contributed by atoms with Gasteiger partial charge in [-0.15, -0.1) is 0 Å². The molecule has 196 valence electrons. The summed E-state index contributed by atoms with van der Waals surface area (Å²) in [4.78, 5) is 53.9. The first kappa shape index (κ1) is 27.4. The zero-order chi connectivity index (χ0) is 27.2. The van der Waals surface area contributed by atoms with E-state index in [4.69, 9.17) is 8.05 Å². The Hall–Kier alpha value is -3.64. The molecule has 2 saturated heterocycles. The standard InChI is InChI=1S/C26H27BN4O6S/c1-17-15-30(28-14-19-10-6-3-7-11-19)26(36)31(17)24(25(35)37-27)38-23-21(22(34)29(23)16-32)13-20(33)12-18-8-4-2-5-9-18/h2-11,14,17,21,23-24,32H,12-13,15-16H2,1H3/b28-14+/t17-,21?,23+,24?/m0/s1. The van der Waals surface area contributed by atoms with Crippen molar-refractivity contribution in [2.24, 2.45) is 11.0 Å². The van der Waals surface area contributed by atoms with Crippen LogP contribution in [0.3, 0.4) is 0 Å². The monoisotopic (exact) mass is 534 g/mol. The maximum atomic E-state index is 13.3. The molecule has 1 N–H and O–H groups in total. The van der Waals surface area contributed by atoms with Crippen molar-refractivity contribution in [2.75, 3.05) is 13.3 Å². The summed E-state index contributed by atoms with van der Waals surface area (Å²) in [6.45, 7) is 1.37. The number of hydrazone groups is 1. The number of thioether (sulfide) groups is 1. The van der Waals surface area contributed by atoms with E-state index in [1.165, 1.54) is 9.91 Å². The van der Waals surface area contributed by atoms with E-state index in [1.54, 1.807) is 13.1 Å². The minimum Gasteiger partial charge on any atom is -0.541 e. The Morgan fingerprint density at radius 1 is 1.16 bits per heavy atom. The fourth-order valence-electron chi connectivity index (χ4n) is 4.51. The first-order valence-electron chi connectivity index (χ1n) is 12.1. The van der Waals surface area contributed by atoms with Crippen molar-refractivity contribution in [1.29, 1.82) is 0 Å². The van der Waals surface area contributed by atoms with E-state index in [1.807, 2.05) is 60.7 Å². The lowest BCUT2D eigenvalue weighted by atomic mass is 9.91. The van der Waals surface area contributed by atoms with Gasteiger partial charge in [-0.3, -0.25) is 19.3 Å². The van der Waals surface area contributed by atoms with Gasteiger partial charge in [-0.05, 0) is 18.1 Å². The third-order valence-corrected chi connectivity index (χ3v) is 7.97. The molecule has 0 aromatic heterocycles. The topological polar surface area (TPSA) is 120 Å². The molecule has 2 aromatic rings. The van der Waals surface area contributed by atoms with Crippen LogP contribution in [0.4, 0.5) is 4.79 Å². The zero-order valence-corrected chi connectivity index (χ0v) is 21.6. The second-order valence-corrected chi connectivity index (χ2v) is 10.3. The van der Waals surface area contributed by atoms with Crippen LogP contribution < -0.4 is 0 Å². The predicted molar refractivity (Wildman–Crippen MR) is 142 cm³/mol. The summed E-state index contributed by atoms with van der Waals surface area (Å²) in [6.07, 6.45) is 1.64. The Balaban J connectivity index is 1.49. The van der Waals surface area contributed by atoms with Gasteiger partial charge in [0.2, 0.25) is 5.91 Å². The average molecular weight is 534 g/mol. The highest BCUT2D eigenvalue weighted by Gasteiger charge is 2.52. The van der Waals surface area contributed by atoms with Crippen LogP contribution in [-0.2, 0) is 25.5 Å². The quantitative estimate of drug-likeness (QED) is 0.265. The lowest BCUT2D eigenvalue weighted by Gasteiger charge is -2.47. The minimum absolute atomic E-state index is 0.0662. The average Bonchev–Trinajstić information content (AvgIpc) is 3.21. The van der Waals surface area contributed by atoms with Crippen LogP contribution in [-0.4, -0.2) is 87.9 Å². The summed E-state index contributed by atoms with van der Waals surface area (Å²) in [5.74, 6) is -2.21. The molecule has 2 aliphatic rings. The molecule has 2 fully saturated rings. The van der Waals surface area contributed by atoms with Crippen LogP contribution in [0.2, 0.25) is 0 Å². The van der Waals surface area contributed by atoms with Crippen LogP contribution in [0.1, 0.15) is 24.5 Å². The number of β-lactam (4-membered cyclic amide) rings is 1. The summed E-state index contributed by atoms with van der Waals surface area (Å²) in [6, 6.07) is 17.4. The first-order valence-corrected chi connectivity index (χ1v) is 13.0. The molecule has 0 spiro atoms. The van der Waals surface area contributed by atoms with Crippen LogP contribution in [0, 0.1) is 5.92 Å². The Morgan fingerprint density at radius 2 is 1.82 bits per heavy atom. The Kier molecular flexibility index (Phi) is 8.85. The van der Waals surface area contributed by atoms with Gasteiger partial charge in [-0.1, -0.05) is 72.4 Å². The van der Waals surface area contributed by atoms with Gasteiger partial charge < -0.3 is 14.7 Å². The number of urea groups is 1. The zero-order valence-electron chi connectivity index (χ0n) is 20.8. The maximum absolute atomic E-state index is 13.3. The van der Waals surface area contributed by atoms with Crippen molar-refractivity contribution in [2.45, 2.75) is 36.6 Å². The van der Waals surface area contributed by atoms with Crippen molar-refractivity contribution in [3.8, 4) is 0 Å². The van der Waals surface area contributed by atoms with Crippen molar-refractivity contribution in [3.05, 3.63) is 71.8 Å². The van der Waals surface area contributed by atoms with Crippen LogP contribution in [0.25, 0.3) is 0 Å². The lowest BCUT2D eigenvalue weighted by molar-refractivity contribution is -0.158. The summed E-state index contributed by atoms with van der Waals surface area (Å²) >= 11 is 0.943. The Labute approximate surface area is 226 Å². The van der Waals surface area contributed by atoms with Gasteiger partial charge in [0.1, 0.15) is 12.5 Å². The molecule has 2 radical (unpaired) electrons. The smallest absolute Gasteiger partial charge is 0.378 e. The second kappa shape index (κ2) is 12.3. The molecule has 4 rings (SSSR count). The van der Waals surface area contributed by atoms with E-state index < -0.39 is 47.3 Å². The summed E-state index contributed by atoms with van der Waals surface area (Å²) in [5, 5.41) is 13.3. The van der Waals surface area contributed by atoms with Crippen LogP contribution in [0.5, 0.6) is 0 Å². The number of hydrogen-bond donors (Lipinski definition) is 1. The minimum atomic E-state index is -1.22. The van der Waals surface area contributed by atoms with E-state index in [0.29, 0.717) is 0 Å². The number of rotatable bonds is 11. The normalized spacial score (nSPS) is 22.1. The van der Waals surface area contributed by atoms with Crippen molar-refractivity contribution in [1.82, 2.24) is 14.8 Å². The molecule has 3 amide bonds. The van der Waals surface area contributed by atoms with Gasteiger partial charge in [-0.25, -0.2) is 9.80 Å².